The van der Waals surface area contributed by atoms with Crippen LogP contribution in [0.25, 0.3) is 0 Å². The van der Waals surface area contributed by atoms with Crippen LogP contribution in [0, 0.1) is 29.6 Å². The van der Waals surface area contributed by atoms with Crippen LogP contribution in [-0.4, -0.2) is 82.0 Å². The summed E-state index contributed by atoms with van der Waals surface area (Å²) in [6.45, 7) is 18.3. The predicted molar refractivity (Wildman–Crippen MR) is 201 cm³/mol. The second-order valence-corrected chi connectivity index (χ2v) is 15.5. The first-order valence-corrected chi connectivity index (χ1v) is 18.7. The van der Waals surface area contributed by atoms with Gasteiger partial charge < -0.3 is 36.8 Å². The van der Waals surface area contributed by atoms with Gasteiger partial charge in [0.1, 0.15) is 24.2 Å². The van der Waals surface area contributed by atoms with Crippen LogP contribution >= 0.6 is 0 Å². The van der Waals surface area contributed by atoms with Gasteiger partial charge in [0.2, 0.25) is 29.5 Å². The van der Waals surface area contributed by atoms with Gasteiger partial charge in [-0.1, -0.05) is 106 Å². The number of amides is 5. The van der Waals surface area contributed by atoms with E-state index in [2.05, 4.69) is 26.6 Å². The van der Waals surface area contributed by atoms with Gasteiger partial charge in [-0.05, 0) is 54.4 Å². The molecule has 0 aliphatic heterocycles. The van der Waals surface area contributed by atoms with Crippen molar-refractivity contribution < 1.29 is 39.0 Å². The van der Waals surface area contributed by atoms with E-state index in [0.29, 0.717) is 12.8 Å². The van der Waals surface area contributed by atoms with E-state index in [0.717, 1.165) is 5.56 Å². The molecule has 0 radical (unpaired) electrons. The van der Waals surface area contributed by atoms with E-state index in [1.807, 2.05) is 65.0 Å². The summed E-state index contributed by atoms with van der Waals surface area (Å²) in [4.78, 5) is 77.8. The largest absolute Gasteiger partial charge is 0.480 e. The molecule has 0 fully saturated rings. The topological polar surface area (TPSA) is 203 Å². The summed E-state index contributed by atoms with van der Waals surface area (Å²) in [6.07, 6.45) is 0.0149. The van der Waals surface area contributed by atoms with Crippen LogP contribution in [0.1, 0.15) is 107 Å². The third-order valence-electron chi connectivity index (χ3n) is 9.00. The van der Waals surface area contributed by atoms with Gasteiger partial charge in [0.15, 0.2) is 0 Å². The third-order valence-corrected chi connectivity index (χ3v) is 9.00. The van der Waals surface area contributed by atoms with E-state index in [4.69, 9.17) is 0 Å². The van der Waals surface area contributed by atoms with Crippen molar-refractivity contribution in [3.63, 3.8) is 0 Å². The lowest BCUT2D eigenvalue weighted by Gasteiger charge is -2.30. The average molecular weight is 732 g/mol. The number of carbonyl (C=O) groups excluding carboxylic acids is 5. The Balaban J connectivity index is 3.16. The monoisotopic (exact) mass is 731 g/mol. The van der Waals surface area contributed by atoms with Gasteiger partial charge in [-0.2, -0.15) is 0 Å². The van der Waals surface area contributed by atoms with Crippen LogP contribution in [0.15, 0.2) is 30.3 Å². The molecule has 0 aliphatic rings. The quantitative estimate of drug-likeness (QED) is 0.0888. The zero-order valence-electron chi connectivity index (χ0n) is 32.8. The summed E-state index contributed by atoms with van der Waals surface area (Å²) in [5.74, 6) is -4.32. The molecule has 0 bridgehead atoms. The van der Waals surface area contributed by atoms with Gasteiger partial charge >= 0.3 is 5.97 Å². The molecule has 5 amide bonds. The fourth-order valence-corrected chi connectivity index (χ4v) is 5.72. The van der Waals surface area contributed by atoms with Crippen LogP contribution < -0.4 is 26.6 Å². The first-order valence-electron chi connectivity index (χ1n) is 18.7. The highest BCUT2D eigenvalue weighted by Crippen LogP contribution is 2.15. The lowest BCUT2D eigenvalue weighted by Crippen LogP contribution is -2.58. The smallest absolute Gasteiger partial charge is 0.326 e. The molecule has 7 N–H and O–H groups in total. The molecule has 294 valence electrons. The maximum Gasteiger partial charge on any atom is 0.326 e. The number of nitrogens with one attached hydrogen (secondary N) is 5. The first kappa shape index (κ1) is 46.0. The van der Waals surface area contributed by atoms with Crippen molar-refractivity contribution in [1.29, 1.82) is 0 Å². The first-order chi connectivity index (χ1) is 24.3. The van der Waals surface area contributed by atoms with Crippen LogP contribution in [0.5, 0.6) is 0 Å². The summed E-state index contributed by atoms with van der Waals surface area (Å²) < 4.78 is 0. The van der Waals surface area contributed by atoms with Crippen molar-refractivity contribution in [1.82, 2.24) is 26.6 Å². The number of carbonyl (C=O) groups is 6. The van der Waals surface area contributed by atoms with Gasteiger partial charge in [-0.3, -0.25) is 24.0 Å². The Morgan fingerprint density at radius 1 is 0.654 bits per heavy atom. The van der Waals surface area contributed by atoms with E-state index >= 15 is 0 Å². The fourth-order valence-electron chi connectivity index (χ4n) is 5.72. The molecule has 13 heteroatoms. The minimum atomic E-state index is -1.18. The number of carboxylic acid groups (broad SMARTS) is 1. The molecule has 0 aliphatic carbocycles. The minimum absolute atomic E-state index is 0.0563. The molecule has 7 atom stereocenters. The van der Waals surface area contributed by atoms with Gasteiger partial charge in [-0.15, -0.1) is 0 Å². The molecule has 1 aromatic rings. The minimum Gasteiger partial charge on any atom is -0.480 e. The number of carboxylic acids is 1. The van der Waals surface area contributed by atoms with Crippen LogP contribution in [0.4, 0.5) is 0 Å². The van der Waals surface area contributed by atoms with Crippen molar-refractivity contribution in [2.45, 2.75) is 144 Å². The fraction of sp³-hybridized carbons (Fsp3) is 0.692. The molecular formula is C39H65N5O8. The molecule has 7 unspecified atom stereocenters. The summed E-state index contributed by atoms with van der Waals surface area (Å²) in [5.41, 5.74) is 0.831. The van der Waals surface area contributed by atoms with Gasteiger partial charge in [-0.25, -0.2) is 4.79 Å². The summed E-state index contributed by atoms with van der Waals surface area (Å²) in [5, 5.41) is 34.7. The van der Waals surface area contributed by atoms with Crippen molar-refractivity contribution in [2.75, 3.05) is 0 Å². The zero-order chi connectivity index (χ0) is 39.7. The number of hydrogen-bond acceptors (Lipinski definition) is 7. The third kappa shape index (κ3) is 16.6. The lowest BCUT2D eigenvalue weighted by atomic mass is 9.95. The molecule has 1 aromatic carbocycles. The number of aliphatic carboxylic acids is 1. The lowest BCUT2D eigenvalue weighted by molar-refractivity contribution is -0.143. The summed E-state index contributed by atoms with van der Waals surface area (Å²) in [6, 6.07) is 4.47. The maximum atomic E-state index is 13.8. The number of aliphatic hydroxyl groups excluding tert-OH is 1. The highest BCUT2D eigenvalue weighted by molar-refractivity contribution is 5.92. The molecular weight excluding hydrogens is 666 g/mol. The van der Waals surface area contributed by atoms with E-state index in [1.165, 1.54) is 0 Å². The van der Waals surface area contributed by atoms with E-state index in [-0.39, 0.29) is 61.2 Å². The summed E-state index contributed by atoms with van der Waals surface area (Å²) >= 11 is 0. The molecule has 1 rings (SSSR count). The molecule has 0 saturated heterocycles. The Bertz CT molecular complexity index is 1300. The highest BCUT2D eigenvalue weighted by Gasteiger charge is 2.34. The Morgan fingerprint density at radius 3 is 1.71 bits per heavy atom. The Kier molecular flexibility index (Phi) is 20.2. The Labute approximate surface area is 310 Å². The summed E-state index contributed by atoms with van der Waals surface area (Å²) in [7, 11) is 0. The van der Waals surface area contributed by atoms with E-state index < -0.39 is 65.9 Å². The zero-order valence-corrected chi connectivity index (χ0v) is 32.8. The second-order valence-electron chi connectivity index (χ2n) is 15.5. The number of aliphatic hydroxyl groups is 1. The van der Waals surface area contributed by atoms with Gasteiger partial charge in [0.05, 0.1) is 12.1 Å². The highest BCUT2D eigenvalue weighted by atomic mass is 16.4. The van der Waals surface area contributed by atoms with Crippen molar-refractivity contribution in [3.8, 4) is 0 Å². The van der Waals surface area contributed by atoms with Crippen LogP contribution in [0.2, 0.25) is 0 Å². The number of hydrogen-bond donors (Lipinski definition) is 7. The molecule has 0 heterocycles. The molecule has 52 heavy (non-hydrogen) atoms. The molecule has 13 nitrogen and oxygen atoms in total. The SMILES string of the molecule is CCC(C)C(NC(=O)CCC(O)C(Cc1ccccc1)NC(=O)C(NC(=O)C(CC(C)C)NC(=O)CC(C)C)C(C)C)C(=O)NC(C(=O)O)C(C)C. The molecule has 0 saturated carbocycles. The van der Waals surface area contributed by atoms with E-state index in [9.17, 15) is 39.0 Å². The second kappa shape index (κ2) is 22.8. The van der Waals surface area contributed by atoms with Crippen LogP contribution in [-0.2, 0) is 35.2 Å². The van der Waals surface area contributed by atoms with Crippen molar-refractivity contribution in [3.05, 3.63) is 35.9 Å². The Hall–Kier alpha value is -4.00. The van der Waals surface area contributed by atoms with Crippen molar-refractivity contribution in [2.24, 2.45) is 29.6 Å². The normalized spacial score (nSPS) is 15.6. The predicted octanol–water partition coefficient (Wildman–Crippen LogP) is 3.33. The standard InChI is InChI=1S/C39H65N5O8/c1-11-26(10)35(38(50)44-34(25(8)9)39(51)52)42-31(46)18-17-30(45)28(21-27-15-13-12-14-16-27)41-37(49)33(24(6)7)43-36(48)29(19-22(2)3)40-32(47)20-23(4)5/h12-16,22-26,28-30,33-35,45H,11,17-21H2,1-10H3,(H,40,47)(H,41,49)(H,42,46)(H,43,48)(H,44,50)(H,51,52). The van der Waals surface area contributed by atoms with Gasteiger partial charge in [0, 0.05) is 12.8 Å². The maximum absolute atomic E-state index is 13.8. The van der Waals surface area contributed by atoms with Crippen LogP contribution in [0.3, 0.4) is 0 Å². The van der Waals surface area contributed by atoms with Gasteiger partial charge in [0.25, 0.3) is 0 Å². The molecule has 0 spiro atoms. The number of rotatable bonds is 23. The van der Waals surface area contributed by atoms with Crippen molar-refractivity contribution >= 4 is 35.5 Å². The molecule has 0 aromatic heterocycles. The Morgan fingerprint density at radius 2 is 1.21 bits per heavy atom. The van der Waals surface area contributed by atoms with E-state index in [1.54, 1.807) is 34.6 Å². The number of benzene rings is 1. The average Bonchev–Trinajstić information content (AvgIpc) is 3.05.